The van der Waals surface area contributed by atoms with Crippen molar-refractivity contribution in [2.24, 2.45) is 0 Å². The van der Waals surface area contributed by atoms with Gasteiger partial charge in [0.1, 0.15) is 21.9 Å². The Morgan fingerprint density at radius 1 is 1.36 bits per heavy atom. The molecule has 0 unspecified atom stereocenters. The van der Waals surface area contributed by atoms with Gasteiger partial charge < -0.3 is 10.6 Å². The molecule has 1 aliphatic carbocycles. The van der Waals surface area contributed by atoms with Gasteiger partial charge in [-0.05, 0) is 42.7 Å². The van der Waals surface area contributed by atoms with Crippen molar-refractivity contribution < 1.29 is 18.0 Å². The predicted molar refractivity (Wildman–Crippen MR) is 121 cm³/mol. The molecule has 33 heavy (non-hydrogen) atoms. The number of hydrogen-bond acceptors (Lipinski definition) is 6. The third-order valence-electron chi connectivity index (χ3n) is 5.91. The van der Waals surface area contributed by atoms with Gasteiger partial charge >= 0.3 is 6.18 Å². The lowest BCUT2D eigenvalue weighted by molar-refractivity contribution is -0.173. The van der Waals surface area contributed by atoms with Crippen molar-refractivity contribution in [3.05, 3.63) is 49.1 Å². The zero-order chi connectivity index (χ0) is 23.3. The van der Waals surface area contributed by atoms with Gasteiger partial charge in [-0.1, -0.05) is 17.7 Å². The molecule has 2 aliphatic rings. The maximum absolute atomic E-state index is 13.9. The molecule has 2 atom stereocenters. The number of anilines is 2. The fourth-order valence-corrected chi connectivity index (χ4v) is 6.64. The summed E-state index contributed by atoms with van der Waals surface area (Å²) in [5.74, 6) is -0.785. The van der Waals surface area contributed by atoms with Crippen molar-refractivity contribution in [1.29, 1.82) is 5.26 Å². The summed E-state index contributed by atoms with van der Waals surface area (Å²) in [6, 6.07) is 3.14. The van der Waals surface area contributed by atoms with Gasteiger partial charge in [0.05, 0.1) is 11.6 Å². The lowest BCUT2D eigenvalue weighted by Crippen LogP contribution is -2.35. The Balaban J connectivity index is 1.49. The number of aryl methyl sites for hydroxylation is 1. The van der Waals surface area contributed by atoms with Crippen molar-refractivity contribution >= 4 is 51.0 Å². The number of fused-ring (bicyclic) bond motifs is 2. The van der Waals surface area contributed by atoms with Crippen LogP contribution >= 0.6 is 34.3 Å². The minimum atomic E-state index is -4.57. The topological polar surface area (TPSA) is 82.7 Å². The van der Waals surface area contributed by atoms with E-state index in [4.69, 9.17) is 11.6 Å². The highest BCUT2D eigenvalue weighted by Gasteiger charge is 2.48. The maximum atomic E-state index is 13.9. The monoisotopic (exact) mass is 511 g/mol. The molecule has 2 N–H and O–H groups in total. The van der Waals surface area contributed by atoms with Crippen molar-refractivity contribution in [3.8, 4) is 6.07 Å². The van der Waals surface area contributed by atoms with Crippen LogP contribution in [0.25, 0.3) is 0 Å². The molecule has 172 valence electrons. The number of nitrogens with zero attached hydrogens (tertiary/aromatic N) is 3. The second-order valence-corrected chi connectivity index (χ2v) is 10.4. The first-order valence-electron chi connectivity index (χ1n) is 10.3. The Bertz CT molecular complexity index is 1260. The number of carbonyl (C=O) groups excluding carboxylic acids is 1. The molecule has 0 aromatic carbocycles. The van der Waals surface area contributed by atoms with E-state index in [0.717, 1.165) is 45.7 Å². The molecule has 3 aromatic rings. The first-order valence-corrected chi connectivity index (χ1v) is 12.4. The van der Waals surface area contributed by atoms with Gasteiger partial charge in [-0.25, -0.2) is 4.68 Å². The van der Waals surface area contributed by atoms with E-state index in [0.29, 0.717) is 10.6 Å². The molecule has 5 rings (SSSR count). The lowest BCUT2D eigenvalue weighted by atomic mass is 9.96. The van der Waals surface area contributed by atoms with Crippen LogP contribution in [0.15, 0.2) is 17.5 Å². The predicted octanol–water partition coefficient (Wildman–Crippen LogP) is 6.32. The van der Waals surface area contributed by atoms with Crippen LogP contribution in [0.2, 0.25) is 5.02 Å². The number of aromatic nitrogens is 2. The lowest BCUT2D eigenvalue weighted by Gasteiger charge is -2.32. The second-order valence-electron chi connectivity index (χ2n) is 7.94. The van der Waals surface area contributed by atoms with Gasteiger partial charge in [0, 0.05) is 16.2 Å². The summed E-state index contributed by atoms with van der Waals surface area (Å²) in [6.45, 7) is 0. The molecule has 0 spiro atoms. The van der Waals surface area contributed by atoms with E-state index in [-0.39, 0.29) is 23.0 Å². The third kappa shape index (κ3) is 3.90. The highest BCUT2D eigenvalue weighted by molar-refractivity contribution is 7.16. The van der Waals surface area contributed by atoms with Gasteiger partial charge in [-0.2, -0.15) is 23.5 Å². The zero-order valence-electron chi connectivity index (χ0n) is 17.0. The second kappa shape index (κ2) is 8.34. The molecule has 0 radical (unpaired) electrons. The van der Waals surface area contributed by atoms with Crippen LogP contribution < -0.4 is 10.6 Å². The molecule has 12 heteroatoms. The molecule has 6 nitrogen and oxygen atoms in total. The van der Waals surface area contributed by atoms with E-state index >= 15 is 0 Å². The summed E-state index contributed by atoms with van der Waals surface area (Å²) < 4.78 is 42.4. The molecule has 0 bridgehead atoms. The number of nitriles is 1. The number of amides is 1. The van der Waals surface area contributed by atoms with Crippen molar-refractivity contribution in [1.82, 2.24) is 9.78 Å². The number of nitrogens with one attached hydrogen (secondary N) is 2. The van der Waals surface area contributed by atoms with Crippen LogP contribution in [0.3, 0.4) is 0 Å². The van der Waals surface area contributed by atoms with Gasteiger partial charge in [-0.15, -0.1) is 22.7 Å². The maximum Gasteiger partial charge on any atom is 0.410 e. The quantitative estimate of drug-likeness (QED) is 0.431. The first-order chi connectivity index (χ1) is 15.8. The molecule has 1 amide bonds. The summed E-state index contributed by atoms with van der Waals surface area (Å²) in [6.07, 6.45) is -1.25. The number of halogens is 4. The van der Waals surface area contributed by atoms with Gasteiger partial charge in [0.15, 0.2) is 11.7 Å². The Labute approximate surface area is 200 Å². The summed E-state index contributed by atoms with van der Waals surface area (Å²) in [4.78, 5) is 14.8. The number of rotatable bonds is 3. The van der Waals surface area contributed by atoms with E-state index in [9.17, 15) is 23.2 Å². The van der Waals surface area contributed by atoms with E-state index in [1.165, 1.54) is 22.7 Å². The first kappa shape index (κ1) is 22.3. The van der Waals surface area contributed by atoms with E-state index in [2.05, 4.69) is 21.8 Å². The van der Waals surface area contributed by atoms with Crippen LogP contribution in [-0.4, -0.2) is 21.9 Å². The highest BCUT2D eigenvalue weighted by Crippen LogP contribution is 2.47. The van der Waals surface area contributed by atoms with E-state index < -0.39 is 24.2 Å². The molecule has 0 saturated carbocycles. The summed E-state index contributed by atoms with van der Waals surface area (Å²) in [7, 11) is 0. The average Bonchev–Trinajstić information content (AvgIpc) is 3.50. The third-order valence-corrected chi connectivity index (χ3v) is 8.46. The molecule has 1 aliphatic heterocycles. The average molecular weight is 512 g/mol. The summed E-state index contributed by atoms with van der Waals surface area (Å²) in [5, 5.41) is 21.2. The SMILES string of the molecule is N#Cc1c(NC(=O)c2nn3c(c2Cl)N[C@H](c2cccs2)C[C@H]3C(F)(F)F)sc2c1CCCC2. The molecule has 3 aromatic heterocycles. The largest absolute Gasteiger partial charge is 0.410 e. The van der Waals surface area contributed by atoms with Crippen LogP contribution in [0.1, 0.15) is 62.7 Å². The molecule has 0 fully saturated rings. The highest BCUT2D eigenvalue weighted by atomic mass is 35.5. The van der Waals surface area contributed by atoms with Crippen molar-refractivity contribution in [2.45, 2.75) is 50.4 Å². The number of carbonyl (C=O) groups is 1. The van der Waals surface area contributed by atoms with Gasteiger partial charge in [0.25, 0.3) is 5.91 Å². The number of alkyl halides is 3. The van der Waals surface area contributed by atoms with Crippen molar-refractivity contribution in [2.75, 3.05) is 10.6 Å². The Kier molecular flexibility index (Phi) is 5.63. The van der Waals surface area contributed by atoms with Gasteiger partial charge in [0.2, 0.25) is 0 Å². The zero-order valence-corrected chi connectivity index (χ0v) is 19.4. The number of thiophene rings is 2. The molecule has 0 saturated heterocycles. The summed E-state index contributed by atoms with van der Waals surface area (Å²) in [5.41, 5.74) is 1.04. The Morgan fingerprint density at radius 2 is 2.15 bits per heavy atom. The molecule has 4 heterocycles. The number of hydrogen-bond donors (Lipinski definition) is 2. The van der Waals surface area contributed by atoms with Crippen molar-refractivity contribution in [3.63, 3.8) is 0 Å². The van der Waals surface area contributed by atoms with Crippen LogP contribution in [0.4, 0.5) is 24.0 Å². The van der Waals surface area contributed by atoms with Crippen LogP contribution in [0, 0.1) is 11.3 Å². The fourth-order valence-electron chi connectivity index (χ4n) is 4.35. The molecular formula is C21H17ClF3N5OS2. The van der Waals surface area contributed by atoms with Crippen LogP contribution in [-0.2, 0) is 12.8 Å². The summed E-state index contributed by atoms with van der Waals surface area (Å²) >= 11 is 9.06. The van der Waals surface area contributed by atoms with Gasteiger partial charge in [-0.3, -0.25) is 4.79 Å². The normalized spacial score (nSPS) is 19.8. The Morgan fingerprint density at radius 3 is 2.85 bits per heavy atom. The standard InChI is InChI=1S/C21H17ClF3N5OS2/c22-16-17(19(31)28-20-11(9-26)10-4-1-2-5-13(10)33-20)29-30-15(21(23,24)25)8-12(27-18(16)30)14-6-3-7-32-14/h3,6-7,12,15,27H,1-2,4-5,8H2,(H,28,31)/t12-,15-/m0/s1. The fraction of sp³-hybridized carbons (Fsp3) is 0.381. The minimum absolute atomic E-state index is 0.0419. The smallest absolute Gasteiger partial charge is 0.361 e. The van der Waals surface area contributed by atoms with E-state index in [1.54, 1.807) is 17.5 Å². The minimum Gasteiger partial charge on any atom is -0.361 e. The molecular weight excluding hydrogens is 495 g/mol. The Hall–Kier alpha value is -2.55. The van der Waals surface area contributed by atoms with E-state index in [1.807, 2.05) is 0 Å². The van der Waals surface area contributed by atoms with Crippen LogP contribution in [0.5, 0.6) is 0 Å².